The Morgan fingerprint density at radius 1 is 1.00 bits per heavy atom. The average Bonchev–Trinajstić information content (AvgIpc) is 2.69. The summed E-state index contributed by atoms with van der Waals surface area (Å²) in [5, 5.41) is 3.15. The van der Waals surface area contributed by atoms with Crippen molar-refractivity contribution < 1.29 is 4.79 Å². The highest BCUT2D eigenvalue weighted by Gasteiger charge is 2.14. The van der Waals surface area contributed by atoms with E-state index in [2.05, 4.69) is 38.4 Å². The number of fused-ring (bicyclic) bond motifs is 1. The Morgan fingerprint density at radius 2 is 1.73 bits per heavy atom. The Balaban J connectivity index is 1.54. The highest BCUT2D eigenvalue weighted by Crippen LogP contribution is 2.24. The molecule has 1 N–H and O–H groups in total. The van der Waals surface area contributed by atoms with Gasteiger partial charge < -0.3 is 4.90 Å². The van der Waals surface area contributed by atoms with Gasteiger partial charge in [0.1, 0.15) is 6.29 Å². The number of aldehydes is 1. The standard InChI is InChI=1S/C20H21N5O/c1-24-8-10-25(11-9-24)23-20-21-13-18-12-17(6-7-19(18)22-20)16-4-2-15(14-26)3-5-16/h2-7,12-14H,8-11H2,1H3,(H,21,22,23). The second-order valence-corrected chi connectivity index (χ2v) is 6.61. The van der Waals surface area contributed by atoms with Crippen LogP contribution in [0.3, 0.4) is 0 Å². The van der Waals surface area contributed by atoms with Gasteiger partial charge in [-0.25, -0.2) is 15.0 Å². The second kappa shape index (κ2) is 7.19. The molecule has 0 radical (unpaired) electrons. The molecule has 26 heavy (non-hydrogen) atoms. The molecule has 1 saturated heterocycles. The number of hydrogen-bond acceptors (Lipinski definition) is 6. The van der Waals surface area contributed by atoms with Crippen LogP contribution in [0.5, 0.6) is 0 Å². The summed E-state index contributed by atoms with van der Waals surface area (Å²) in [6.45, 7) is 3.97. The van der Waals surface area contributed by atoms with Crippen molar-refractivity contribution >= 4 is 23.1 Å². The number of anilines is 1. The molecule has 6 heteroatoms. The van der Waals surface area contributed by atoms with E-state index >= 15 is 0 Å². The molecule has 132 valence electrons. The fraction of sp³-hybridized carbons (Fsp3) is 0.250. The normalized spacial score (nSPS) is 15.9. The number of piperazine rings is 1. The van der Waals surface area contributed by atoms with Crippen LogP contribution in [0.2, 0.25) is 0 Å². The molecule has 0 atom stereocenters. The Bertz CT molecular complexity index is 917. The lowest BCUT2D eigenvalue weighted by Gasteiger charge is -2.32. The molecule has 6 nitrogen and oxygen atoms in total. The number of hydrazine groups is 1. The molecule has 0 bridgehead atoms. The Morgan fingerprint density at radius 3 is 2.46 bits per heavy atom. The molecule has 1 aliphatic rings. The van der Waals surface area contributed by atoms with Crippen molar-refractivity contribution in [3.8, 4) is 11.1 Å². The van der Waals surface area contributed by atoms with Gasteiger partial charge in [-0.05, 0) is 30.3 Å². The van der Waals surface area contributed by atoms with E-state index in [1.807, 2.05) is 42.6 Å². The third-order valence-corrected chi connectivity index (χ3v) is 4.72. The average molecular weight is 347 g/mol. The molecule has 0 spiro atoms. The van der Waals surface area contributed by atoms with E-state index in [-0.39, 0.29) is 0 Å². The maximum Gasteiger partial charge on any atom is 0.238 e. The number of likely N-dealkylation sites (N-methyl/N-ethyl adjacent to an activating group) is 1. The van der Waals surface area contributed by atoms with Crippen molar-refractivity contribution in [3.05, 3.63) is 54.2 Å². The third-order valence-electron chi connectivity index (χ3n) is 4.72. The topological polar surface area (TPSA) is 61.4 Å². The molecule has 2 aromatic carbocycles. The smallest absolute Gasteiger partial charge is 0.238 e. The van der Waals surface area contributed by atoms with E-state index < -0.39 is 0 Å². The van der Waals surface area contributed by atoms with E-state index in [1.54, 1.807) is 0 Å². The summed E-state index contributed by atoms with van der Waals surface area (Å²) in [7, 11) is 2.13. The van der Waals surface area contributed by atoms with Crippen molar-refractivity contribution in [3.63, 3.8) is 0 Å². The van der Waals surface area contributed by atoms with Crippen LogP contribution in [-0.2, 0) is 0 Å². The zero-order chi connectivity index (χ0) is 17.9. The first-order valence-electron chi connectivity index (χ1n) is 8.74. The molecule has 0 aliphatic carbocycles. The number of carbonyl (C=O) groups is 1. The van der Waals surface area contributed by atoms with Crippen molar-refractivity contribution in [2.24, 2.45) is 0 Å². The number of aromatic nitrogens is 2. The summed E-state index contributed by atoms with van der Waals surface area (Å²) >= 11 is 0. The van der Waals surface area contributed by atoms with Gasteiger partial charge >= 0.3 is 0 Å². The predicted molar refractivity (Wildman–Crippen MR) is 103 cm³/mol. The Kier molecular flexibility index (Phi) is 4.60. The summed E-state index contributed by atoms with van der Waals surface area (Å²) in [6, 6.07) is 13.7. The van der Waals surface area contributed by atoms with Gasteiger partial charge in [-0.3, -0.25) is 10.2 Å². The fourth-order valence-electron chi connectivity index (χ4n) is 3.08. The first kappa shape index (κ1) is 16.6. The maximum absolute atomic E-state index is 10.8. The van der Waals surface area contributed by atoms with Crippen LogP contribution in [0.4, 0.5) is 5.95 Å². The zero-order valence-electron chi connectivity index (χ0n) is 14.7. The van der Waals surface area contributed by atoms with Crippen LogP contribution in [-0.4, -0.2) is 59.4 Å². The number of hydrogen-bond donors (Lipinski definition) is 1. The summed E-state index contributed by atoms with van der Waals surface area (Å²) in [5.41, 5.74) is 7.04. The second-order valence-electron chi connectivity index (χ2n) is 6.61. The van der Waals surface area contributed by atoms with Gasteiger partial charge in [-0.15, -0.1) is 0 Å². The van der Waals surface area contributed by atoms with E-state index in [0.717, 1.165) is 54.5 Å². The molecule has 2 heterocycles. The van der Waals surface area contributed by atoms with Crippen LogP contribution in [0.1, 0.15) is 10.4 Å². The highest BCUT2D eigenvalue weighted by atomic mass is 16.1. The molecule has 1 fully saturated rings. The van der Waals surface area contributed by atoms with Crippen molar-refractivity contribution in [1.82, 2.24) is 19.9 Å². The Labute approximate surface area is 152 Å². The number of nitrogens with zero attached hydrogens (tertiary/aromatic N) is 4. The monoisotopic (exact) mass is 347 g/mol. The lowest BCUT2D eigenvalue weighted by molar-refractivity contribution is 0.112. The first-order valence-corrected chi connectivity index (χ1v) is 8.74. The van der Waals surface area contributed by atoms with E-state index in [4.69, 9.17) is 0 Å². The van der Waals surface area contributed by atoms with E-state index in [1.165, 1.54) is 0 Å². The van der Waals surface area contributed by atoms with Crippen molar-refractivity contribution in [2.75, 3.05) is 38.7 Å². The number of rotatable bonds is 4. The molecule has 1 aliphatic heterocycles. The van der Waals surface area contributed by atoms with Crippen LogP contribution in [0.15, 0.2) is 48.7 Å². The number of nitrogens with one attached hydrogen (secondary N) is 1. The van der Waals surface area contributed by atoms with Gasteiger partial charge in [0, 0.05) is 43.3 Å². The van der Waals surface area contributed by atoms with Gasteiger partial charge in [0.25, 0.3) is 0 Å². The summed E-state index contributed by atoms with van der Waals surface area (Å²) < 4.78 is 0. The number of carbonyl (C=O) groups excluding carboxylic acids is 1. The predicted octanol–water partition coefficient (Wildman–Crippen LogP) is 2.68. The zero-order valence-corrected chi connectivity index (χ0v) is 14.7. The van der Waals surface area contributed by atoms with Gasteiger partial charge in [-0.1, -0.05) is 30.3 Å². The SMILES string of the molecule is CN1CCN(Nc2ncc3cc(-c4ccc(C=O)cc4)ccc3n2)CC1. The molecule has 0 saturated carbocycles. The lowest BCUT2D eigenvalue weighted by atomic mass is 10.0. The van der Waals surface area contributed by atoms with Gasteiger partial charge in [0.15, 0.2) is 0 Å². The lowest BCUT2D eigenvalue weighted by Crippen LogP contribution is -2.47. The fourth-order valence-corrected chi connectivity index (χ4v) is 3.08. The van der Waals surface area contributed by atoms with Gasteiger partial charge in [0.2, 0.25) is 5.95 Å². The third kappa shape index (κ3) is 3.56. The minimum absolute atomic E-state index is 0.630. The molecule has 4 rings (SSSR count). The minimum atomic E-state index is 0.630. The quantitative estimate of drug-likeness (QED) is 0.732. The minimum Gasteiger partial charge on any atom is -0.304 e. The first-order chi connectivity index (χ1) is 12.7. The largest absolute Gasteiger partial charge is 0.304 e. The van der Waals surface area contributed by atoms with Crippen LogP contribution >= 0.6 is 0 Å². The molecule has 1 aromatic heterocycles. The van der Waals surface area contributed by atoms with Crippen LogP contribution in [0.25, 0.3) is 22.0 Å². The summed E-state index contributed by atoms with van der Waals surface area (Å²) in [4.78, 5) is 22.2. The number of benzene rings is 2. The van der Waals surface area contributed by atoms with Crippen molar-refractivity contribution in [1.29, 1.82) is 0 Å². The molecular weight excluding hydrogens is 326 g/mol. The summed E-state index contributed by atoms with van der Waals surface area (Å²) in [6.07, 6.45) is 2.71. The molecule has 0 amide bonds. The van der Waals surface area contributed by atoms with Gasteiger partial charge in [-0.2, -0.15) is 0 Å². The van der Waals surface area contributed by atoms with E-state index in [9.17, 15) is 4.79 Å². The van der Waals surface area contributed by atoms with E-state index in [0.29, 0.717) is 11.5 Å². The highest BCUT2D eigenvalue weighted by molar-refractivity contribution is 5.85. The molecular formula is C20H21N5O. The Hall–Kier alpha value is -2.83. The van der Waals surface area contributed by atoms with Gasteiger partial charge in [0.05, 0.1) is 5.52 Å². The van der Waals surface area contributed by atoms with Crippen LogP contribution < -0.4 is 5.43 Å². The van der Waals surface area contributed by atoms with Crippen molar-refractivity contribution in [2.45, 2.75) is 0 Å². The summed E-state index contributed by atoms with van der Waals surface area (Å²) in [5.74, 6) is 0.630. The molecule has 3 aromatic rings. The maximum atomic E-state index is 10.8. The van der Waals surface area contributed by atoms with Crippen LogP contribution in [0, 0.1) is 0 Å². The molecule has 0 unspecified atom stereocenters.